The molecule has 0 saturated carbocycles. The van der Waals surface area contributed by atoms with Crippen molar-refractivity contribution in [1.82, 2.24) is 0 Å². The van der Waals surface area contributed by atoms with E-state index in [0.29, 0.717) is 24.7 Å². The van der Waals surface area contributed by atoms with Crippen LogP contribution in [-0.2, 0) is 9.53 Å². The molecule has 10 heteroatoms. The number of halogens is 1. The second-order valence-corrected chi connectivity index (χ2v) is 7.04. The van der Waals surface area contributed by atoms with E-state index in [0.717, 1.165) is 17.8 Å². The molecule has 8 nitrogen and oxygen atoms in total. The Morgan fingerprint density at radius 3 is 2.62 bits per heavy atom. The van der Waals surface area contributed by atoms with Crippen LogP contribution < -0.4 is 20.5 Å². The third-order valence-corrected chi connectivity index (χ3v) is 4.62. The van der Waals surface area contributed by atoms with Gasteiger partial charge in [-0.15, -0.1) is 11.3 Å². The first-order valence-electron chi connectivity index (χ1n) is 8.80. The van der Waals surface area contributed by atoms with Crippen molar-refractivity contribution >= 4 is 45.7 Å². The van der Waals surface area contributed by atoms with Gasteiger partial charge >= 0.3 is 5.97 Å². The highest BCUT2D eigenvalue weighted by Crippen LogP contribution is 2.37. The number of nitrogens with two attached hydrogens (primary N) is 1. The summed E-state index contributed by atoms with van der Waals surface area (Å²) >= 11 is 7.35. The van der Waals surface area contributed by atoms with E-state index in [2.05, 4.69) is 5.32 Å². The van der Waals surface area contributed by atoms with E-state index in [1.54, 1.807) is 12.3 Å². The van der Waals surface area contributed by atoms with Crippen molar-refractivity contribution in [3.8, 4) is 11.5 Å². The molecule has 1 aromatic heterocycles. The second kappa shape index (κ2) is 10.7. The van der Waals surface area contributed by atoms with E-state index in [-0.39, 0.29) is 21.2 Å². The molecule has 1 heterocycles. The van der Waals surface area contributed by atoms with Gasteiger partial charge in [-0.1, -0.05) is 18.5 Å². The topological polar surface area (TPSA) is 117 Å². The van der Waals surface area contributed by atoms with E-state index in [1.807, 2.05) is 6.92 Å². The predicted molar refractivity (Wildman–Crippen MR) is 110 cm³/mol. The number of primary amides is 1. The summed E-state index contributed by atoms with van der Waals surface area (Å²) in [6, 6.07) is 4.33. The predicted octanol–water partition coefficient (Wildman–Crippen LogP) is 3.48. The molecule has 3 N–H and O–H groups in total. The fourth-order valence-electron chi connectivity index (χ4n) is 2.27. The number of esters is 1. The summed E-state index contributed by atoms with van der Waals surface area (Å²) in [5.41, 5.74) is 5.53. The normalized spacial score (nSPS) is 10.3. The molecule has 2 aromatic rings. The molecule has 0 atom stereocenters. The Morgan fingerprint density at radius 1 is 1.21 bits per heavy atom. The molecule has 0 saturated heterocycles. The molecular formula is C19H21ClN2O6S. The molecule has 0 spiro atoms. The summed E-state index contributed by atoms with van der Waals surface area (Å²) < 4.78 is 16.1. The summed E-state index contributed by atoms with van der Waals surface area (Å²) in [7, 11) is 0. The van der Waals surface area contributed by atoms with Crippen molar-refractivity contribution in [3.05, 3.63) is 39.7 Å². The summed E-state index contributed by atoms with van der Waals surface area (Å²) in [4.78, 5) is 35.6. The molecule has 0 aliphatic carbocycles. The molecule has 0 radical (unpaired) electrons. The number of nitrogens with one attached hydrogen (secondary N) is 1. The monoisotopic (exact) mass is 440 g/mol. The van der Waals surface area contributed by atoms with Crippen LogP contribution in [0, 0.1) is 0 Å². The molecule has 1 aromatic carbocycles. The average Bonchev–Trinajstić information content (AvgIpc) is 3.14. The van der Waals surface area contributed by atoms with E-state index < -0.39 is 24.4 Å². The number of hydrogen-bond donors (Lipinski definition) is 2. The Bertz CT molecular complexity index is 899. The lowest BCUT2D eigenvalue weighted by molar-refractivity contribution is -0.119. The van der Waals surface area contributed by atoms with Crippen molar-refractivity contribution < 1.29 is 28.6 Å². The van der Waals surface area contributed by atoms with Crippen molar-refractivity contribution in [1.29, 1.82) is 0 Å². The van der Waals surface area contributed by atoms with E-state index >= 15 is 0 Å². The first-order chi connectivity index (χ1) is 13.9. The van der Waals surface area contributed by atoms with Gasteiger partial charge in [0.1, 0.15) is 5.00 Å². The van der Waals surface area contributed by atoms with Crippen LogP contribution in [0.25, 0.3) is 0 Å². The van der Waals surface area contributed by atoms with E-state index in [9.17, 15) is 14.4 Å². The van der Waals surface area contributed by atoms with Crippen LogP contribution in [0.15, 0.2) is 23.6 Å². The van der Waals surface area contributed by atoms with Gasteiger partial charge in [-0.3, -0.25) is 9.59 Å². The summed E-state index contributed by atoms with van der Waals surface area (Å²) in [6.07, 6.45) is 0.780. The highest BCUT2D eigenvalue weighted by Gasteiger charge is 2.19. The number of amides is 2. The summed E-state index contributed by atoms with van der Waals surface area (Å²) in [6.45, 7) is 3.98. The molecule has 0 aliphatic heterocycles. The van der Waals surface area contributed by atoms with E-state index in [1.165, 1.54) is 18.2 Å². The van der Waals surface area contributed by atoms with Gasteiger partial charge in [0.25, 0.3) is 11.8 Å². The van der Waals surface area contributed by atoms with Gasteiger partial charge in [-0.2, -0.15) is 0 Å². The minimum absolute atomic E-state index is 0.115. The Labute approximate surface area is 176 Å². The largest absolute Gasteiger partial charge is 0.490 e. The number of ether oxygens (including phenoxy) is 3. The molecule has 2 amide bonds. The Balaban J connectivity index is 2.05. The summed E-state index contributed by atoms with van der Waals surface area (Å²) in [5.74, 6) is -1.37. The summed E-state index contributed by atoms with van der Waals surface area (Å²) in [5, 5.41) is 4.59. The molecule has 0 aliphatic rings. The first-order valence-corrected chi connectivity index (χ1v) is 10.1. The number of thiophene rings is 1. The number of hydrogen-bond acceptors (Lipinski definition) is 7. The molecule has 29 heavy (non-hydrogen) atoms. The van der Waals surface area contributed by atoms with Crippen LogP contribution in [0.4, 0.5) is 5.00 Å². The van der Waals surface area contributed by atoms with Gasteiger partial charge in [0.05, 0.1) is 29.4 Å². The zero-order valence-electron chi connectivity index (χ0n) is 16.0. The SMILES string of the molecule is CCCOc1c(Cl)cc(C(=O)OCC(=O)Nc2sccc2C(N)=O)cc1OCC. The number of benzene rings is 1. The van der Waals surface area contributed by atoms with Gasteiger partial charge in [-0.05, 0) is 36.9 Å². The average molecular weight is 441 g/mol. The molecule has 156 valence electrons. The maximum Gasteiger partial charge on any atom is 0.338 e. The first kappa shape index (κ1) is 22.5. The smallest absolute Gasteiger partial charge is 0.338 e. The standard InChI is InChI=1S/C19H21ClN2O6S/c1-3-6-27-16-13(20)8-11(9-14(16)26-4-2)19(25)28-10-15(23)22-18-12(17(21)24)5-7-29-18/h5,7-9H,3-4,6,10H2,1-2H3,(H2,21,24)(H,22,23). The Morgan fingerprint density at radius 2 is 1.97 bits per heavy atom. The molecular weight excluding hydrogens is 420 g/mol. The second-order valence-electron chi connectivity index (χ2n) is 5.72. The zero-order valence-corrected chi connectivity index (χ0v) is 17.5. The van der Waals surface area contributed by atoms with Gasteiger partial charge in [0, 0.05) is 0 Å². The van der Waals surface area contributed by atoms with Crippen LogP contribution >= 0.6 is 22.9 Å². The van der Waals surface area contributed by atoms with Crippen LogP contribution in [0.1, 0.15) is 41.0 Å². The number of carbonyl (C=O) groups is 3. The lowest BCUT2D eigenvalue weighted by atomic mass is 10.2. The molecule has 0 unspecified atom stereocenters. The third kappa shape index (κ3) is 6.10. The van der Waals surface area contributed by atoms with Gasteiger partial charge in [0.15, 0.2) is 18.1 Å². The molecule has 2 rings (SSSR count). The van der Waals surface area contributed by atoms with Crippen LogP contribution in [0.3, 0.4) is 0 Å². The highest BCUT2D eigenvalue weighted by atomic mass is 35.5. The molecule has 0 bridgehead atoms. The van der Waals surface area contributed by atoms with Crippen LogP contribution in [-0.4, -0.2) is 37.6 Å². The lowest BCUT2D eigenvalue weighted by Crippen LogP contribution is -2.22. The minimum atomic E-state index is -0.758. The van der Waals surface area contributed by atoms with Crippen molar-refractivity contribution in [2.24, 2.45) is 5.73 Å². The minimum Gasteiger partial charge on any atom is -0.490 e. The lowest BCUT2D eigenvalue weighted by Gasteiger charge is -2.14. The Hall–Kier alpha value is -2.78. The maximum atomic E-state index is 12.3. The van der Waals surface area contributed by atoms with Gasteiger partial charge in [-0.25, -0.2) is 4.79 Å². The number of carbonyl (C=O) groups excluding carboxylic acids is 3. The quantitative estimate of drug-likeness (QED) is 0.546. The van der Waals surface area contributed by atoms with Crippen LogP contribution in [0.2, 0.25) is 5.02 Å². The maximum absolute atomic E-state index is 12.3. The number of rotatable bonds is 10. The fourth-order valence-corrected chi connectivity index (χ4v) is 3.34. The van der Waals surface area contributed by atoms with Crippen LogP contribution in [0.5, 0.6) is 11.5 Å². The van der Waals surface area contributed by atoms with Crippen molar-refractivity contribution in [2.45, 2.75) is 20.3 Å². The highest BCUT2D eigenvalue weighted by molar-refractivity contribution is 7.14. The number of anilines is 1. The van der Waals surface area contributed by atoms with Crippen molar-refractivity contribution in [3.63, 3.8) is 0 Å². The van der Waals surface area contributed by atoms with Gasteiger partial charge in [0.2, 0.25) is 0 Å². The van der Waals surface area contributed by atoms with Crippen molar-refractivity contribution in [2.75, 3.05) is 25.1 Å². The van der Waals surface area contributed by atoms with E-state index in [4.69, 9.17) is 31.5 Å². The van der Waals surface area contributed by atoms with Gasteiger partial charge < -0.3 is 25.3 Å². The third-order valence-electron chi connectivity index (χ3n) is 3.51. The Kier molecular flexibility index (Phi) is 8.29. The fraction of sp³-hybridized carbons (Fsp3) is 0.316. The zero-order chi connectivity index (χ0) is 21.4. The molecule has 0 fully saturated rings.